The van der Waals surface area contributed by atoms with Crippen LogP contribution in [0.3, 0.4) is 0 Å². The van der Waals surface area contributed by atoms with E-state index >= 15 is 0 Å². The molecule has 0 fully saturated rings. The van der Waals surface area contributed by atoms with Crippen LogP contribution in [0.15, 0.2) is 54.6 Å². The van der Waals surface area contributed by atoms with Crippen LogP contribution in [0.4, 0.5) is 0 Å². The Bertz CT molecular complexity index is 686. The molecule has 0 heterocycles. The van der Waals surface area contributed by atoms with E-state index in [0.717, 1.165) is 11.3 Å². The van der Waals surface area contributed by atoms with E-state index in [1.54, 1.807) is 31.2 Å². The lowest BCUT2D eigenvalue weighted by Gasteiger charge is -2.18. The first-order chi connectivity index (χ1) is 12.1. The number of para-hydroxylation sites is 1. The Kier molecular flexibility index (Phi) is 6.83. The molecule has 0 spiro atoms. The Labute approximate surface area is 147 Å². The summed E-state index contributed by atoms with van der Waals surface area (Å²) in [5.74, 6) is 0.864. The van der Waals surface area contributed by atoms with Gasteiger partial charge in [0.15, 0.2) is 6.61 Å². The Morgan fingerprint density at radius 1 is 1.00 bits per heavy atom. The number of likely N-dealkylation sites (N-methyl/N-ethyl adjacent to an activating group) is 1. The van der Waals surface area contributed by atoms with Crippen molar-refractivity contribution in [2.24, 2.45) is 0 Å². The molecule has 0 bridgehead atoms. The highest BCUT2D eigenvalue weighted by atomic mass is 16.5. The van der Waals surface area contributed by atoms with E-state index in [1.807, 2.05) is 42.5 Å². The molecule has 2 aromatic rings. The maximum atomic E-state index is 12.1. The quantitative estimate of drug-likeness (QED) is 0.795. The summed E-state index contributed by atoms with van der Waals surface area (Å²) < 4.78 is 10.4. The van der Waals surface area contributed by atoms with Gasteiger partial charge in [0.2, 0.25) is 5.91 Å². The van der Waals surface area contributed by atoms with Crippen LogP contribution in [-0.2, 0) is 16.1 Å². The molecule has 25 heavy (non-hydrogen) atoms. The van der Waals surface area contributed by atoms with Crippen LogP contribution >= 0.6 is 0 Å². The third kappa shape index (κ3) is 6.18. The second-order valence-corrected chi connectivity index (χ2v) is 5.48. The number of hydrogen-bond acceptors (Lipinski definition) is 4. The van der Waals surface area contributed by atoms with Crippen molar-refractivity contribution in [2.75, 3.05) is 27.3 Å². The van der Waals surface area contributed by atoms with Crippen molar-refractivity contribution in [3.8, 4) is 11.5 Å². The van der Waals surface area contributed by atoms with E-state index < -0.39 is 0 Å². The number of benzene rings is 2. The number of methoxy groups -OCH3 is 1. The van der Waals surface area contributed by atoms with E-state index in [4.69, 9.17) is 9.47 Å². The minimum atomic E-state index is -0.338. The molecule has 0 aliphatic carbocycles. The van der Waals surface area contributed by atoms with Crippen LogP contribution < -0.4 is 14.8 Å². The van der Waals surface area contributed by atoms with Crippen molar-refractivity contribution >= 4 is 11.8 Å². The van der Waals surface area contributed by atoms with Gasteiger partial charge in [-0.15, -0.1) is 0 Å². The molecule has 132 valence electrons. The van der Waals surface area contributed by atoms with Gasteiger partial charge in [0, 0.05) is 13.6 Å². The molecule has 2 rings (SSSR count). The Morgan fingerprint density at radius 2 is 1.68 bits per heavy atom. The van der Waals surface area contributed by atoms with Crippen LogP contribution in [0.5, 0.6) is 11.5 Å². The van der Waals surface area contributed by atoms with Crippen molar-refractivity contribution in [2.45, 2.75) is 6.54 Å². The third-order valence-electron chi connectivity index (χ3n) is 3.55. The predicted octanol–water partition coefficient (Wildman–Crippen LogP) is 1.85. The van der Waals surface area contributed by atoms with Crippen molar-refractivity contribution in [1.29, 1.82) is 0 Å². The molecule has 0 saturated carbocycles. The molecule has 2 aromatic carbocycles. The molecule has 1 N–H and O–H groups in total. The van der Waals surface area contributed by atoms with Crippen molar-refractivity contribution in [3.63, 3.8) is 0 Å². The highest BCUT2D eigenvalue weighted by Gasteiger charge is 2.11. The normalized spacial score (nSPS) is 10.0. The minimum absolute atomic E-state index is 0.0658. The summed E-state index contributed by atoms with van der Waals surface area (Å²) in [4.78, 5) is 25.4. The standard InChI is InChI=1S/C19H22N2O4/c1-21(13-15-8-10-16(24-2)11-9-15)19(23)12-20-18(22)14-25-17-6-4-3-5-7-17/h3-11H,12-14H2,1-2H3,(H,20,22). The van der Waals surface area contributed by atoms with E-state index in [0.29, 0.717) is 12.3 Å². The second-order valence-electron chi connectivity index (χ2n) is 5.48. The predicted molar refractivity (Wildman–Crippen MR) is 94.4 cm³/mol. The summed E-state index contributed by atoms with van der Waals surface area (Å²) in [6.07, 6.45) is 0. The first-order valence-corrected chi connectivity index (χ1v) is 7.90. The average Bonchev–Trinajstić information content (AvgIpc) is 2.65. The SMILES string of the molecule is COc1ccc(CN(C)C(=O)CNC(=O)COc2ccccc2)cc1. The van der Waals surface area contributed by atoms with Gasteiger partial charge < -0.3 is 19.7 Å². The Hall–Kier alpha value is -3.02. The van der Waals surface area contributed by atoms with Crippen LogP contribution in [0.25, 0.3) is 0 Å². The lowest BCUT2D eigenvalue weighted by atomic mass is 10.2. The van der Waals surface area contributed by atoms with E-state index in [1.165, 1.54) is 0 Å². The molecule has 2 amide bonds. The van der Waals surface area contributed by atoms with Gasteiger partial charge in [0.1, 0.15) is 11.5 Å². The van der Waals surface area contributed by atoms with E-state index in [-0.39, 0.29) is 25.0 Å². The summed E-state index contributed by atoms with van der Waals surface area (Å²) in [7, 11) is 3.30. The van der Waals surface area contributed by atoms with Crippen molar-refractivity contribution in [1.82, 2.24) is 10.2 Å². The van der Waals surface area contributed by atoms with E-state index in [2.05, 4.69) is 5.32 Å². The summed E-state index contributed by atoms with van der Waals surface area (Å²) in [6.45, 7) is 0.266. The molecule has 0 unspecified atom stereocenters. The molecule has 0 atom stereocenters. The topological polar surface area (TPSA) is 67.9 Å². The Balaban J connectivity index is 1.71. The van der Waals surface area contributed by atoms with Gasteiger partial charge in [-0.25, -0.2) is 0 Å². The molecule has 0 radical (unpaired) electrons. The zero-order chi connectivity index (χ0) is 18.1. The van der Waals surface area contributed by atoms with Crippen molar-refractivity contribution < 1.29 is 19.1 Å². The molecule has 0 aliphatic heterocycles. The second kappa shape index (κ2) is 9.32. The van der Waals surface area contributed by atoms with Crippen LogP contribution in [0, 0.1) is 0 Å². The summed E-state index contributed by atoms with van der Waals surface area (Å²) in [5, 5.41) is 2.56. The molecular formula is C19H22N2O4. The largest absolute Gasteiger partial charge is 0.497 e. The van der Waals surface area contributed by atoms with Gasteiger partial charge in [-0.3, -0.25) is 9.59 Å². The molecule has 0 aliphatic rings. The first-order valence-electron chi connectivity index (χ1n) is 7.90. The maximum absolute atomic E-state index is 12.1. The maximum Gasteiger partial charge on any atom is 0.258 e. The zero-order valence-electron chi connectivity index (χ0n) is 14.4. The number of ether oxygens (including phenoxy) is 2. The number of rotatable bonds is 8. The lowest BCUT2D eigenvalue weighted by Crippen LogP contribution is -2.39. The fourth-order valence-corrected chi connectivity index (χ4v) is 2.12. The highest BCUT2D eigenvalue weighted by molar-refractivity contribution is 5.85. The smallest absolute Gasteiger partial charge is 0.258 e. The van der Waals surface area contributed by atoms with Gasteiger partial charge in [-0.2, -0.15) is 0 Å². The van der Waals surface area contributed by atoms with Gasteiger partial charge >= 0.3 is 0 Å². The molecule has 6 heteroatoms. The number of hydrogen-bond donors (Lipinski definition) is 1. The minimum Gasteiger partial charge on any atom is -0.497 e. The van der Waals surface area contributed by atoms with Crippen LogP contribution in [0.2, 0.25) is 0 Å². The van der Waals surface area contributed by atoms with Gasteiger partial charge in [-0.1, -0.05) is 30.3 Å². The summed E-state index contributed by atoms with van der Waals surface area (Å²) in [6, 6.07) is 16.5. The summed E-state index contributed by atoms with van der Waals surface area (Å²) >= 11 is 0. The summed E-state index contributed by atoms with van der Waals surface area (Å²) in [5.41, 5.74) is 0.982. The number of carbonyl (C=O) groups excluding carboxylic acids is 2. The van der Waals surface area contributed by atoms with Gasteiger partial charge in [0.05, 0.1) is 13.7 Å². The van der Waals surface area contributed by atoms with Gasteiger partial charge in [0.25, 0.3) is 5.91 Å². The van der Waals surface area contributed by atoms with Crippen LogP contribution in [-0.4, -0.2) is 44.0 Å². The third-order valence-corrected chi connectivity index (χ3v) is 3.55. The lowest BCUT2D eigenvalue weighted by molar-refractivity contribution is -0.132. The highest BCUT2D eigenvalue weighted by Crippen LogP contribution is 2.12. The fraction of sp³-hybridized carbons (Fsp3) is 0.263. The average molecular weight is 342 g/mol. The monoisotopic (exact) mass is 342 g/mol. The van der Waals surface area contributed by atoms with E-state index in [9.17, 15) is 9.59 Å². The molecule has 0 aromatic heterocycles. The van der Waals surface area contributed by atoms with Crippen LogP contribution in [0.1, 0.15) is 5.56 Å². The number of carbonyl (C=O) groups is 2. The van der Waals surface area contributed by atoms with Gasteiger partial charge in [-0.05, 0) is 29.8 Å². The number of nitrogens with one attached hydrogen (secondary N) is 1. The molecule has 6 nitrogen and oxygen atoms in total. The first kappa shape index (κ1) is 18.3. The number of nitrogens with zero attached hydrogens (tertiary/aromatic N) is 1. The Morgan fingerprint density at radius 3 is 2.32 bits per heavy atom. The number of amides is 2. The molecule has 0 saturated heterocycles. The van der Waals surface area contributed by atoms with Crippen molar-refractivity contribution in [3.05, 3.63) is 60.2 Å². The molecular weight excluding hydrogens is 320 g/mol. The fourth-order valence-electron chi connectivity index (χ4n) is 2.12. The zero-order valence-corrected chi connectivity index (χ0v) is 14.4.